The molecule has 118 valence electrons. The lowest BCUT2D eigenvalue weighted by atomic mass is 9.98. The molecule has 0 heterocycles. The van der Waals surface area contributed by atoms with Crippen molar-refractivity contribution in [3.63, 3.8) is 0 Å². The third kappa shape index (κ3) is 4.79. The summed E-state index contributed by atoms with van der Waals surface area (Å²) in [6.45, 7) is -2.04. The van der Waals surface area contributed by atoms with Crippen LogP contribution in [0.2, 0.25) is 0 Å². The zero-order valence-electron chi connectivity index (χ0n) is 12.1. The fraction of sp³-hybridized carbons (Fsp3) is 0.294. The van der Waals surface area contributed by atoms with Gasteiger partial charge in [-0.15, -0.1) is 0 Å². The second-order valence-corrected chi connectivity index (χ2v) is 4.82. The van der Waals surface area contributed by atoms with E-state index in [4.69, 9.17) is 5.11 Å². The quantitative estimate of drug-likeness (QED) is 0.735. The van der Waals surface area contributed by atoms with Crippen molar-refractivity contribution in [2.24, 2.45) is 0 Å². The molecule has 0 aromatic heterocycles. The molecule has 0 radical (unpaired) electrons. The Morgan fingerprint density at radius 3 is 2.18 bits per heavy atom. The second-order valence-electron chi connectivity index (χ2n) is 4.82. The van der Waals surface area contributed by atoms with Gasteiger partial charge in [-0.25, -0.2) is 0 Å². The summed E-state index contributed by atoms with van der Waals surface area (Å²) in [5.74, 6) is 0.140. The van der Waals surface area contributed by atoms with Gasteiger partial charge >= 0.3 is 6.61 Å². The van der Waals surface area contributed by atoms with E-state index in [1.165, 1.54) is 12.1 Å². The van der Waals surface area contributed by atoms with E-state index in [2.05, 4.69) is 10.1 Å². The number of hydrogen-bond donors (Lipinski definition) is 2. The van der Waals surface area contributed by atoms with E-state index in [0.717, 1.165) is 11.1 Å². The van der Waals surface area contributed by atoms with E-state index in [9.17, 15) is 8.78 Å². The summed E-state index contributed by atoms with van der Waals surface area (Å²) < 4.78 is 28.8. The third-order valence-electron chi connectivity index (χ3n) is 3.25. The first-order valence-corrected chi connectivity index (χ1v) is 7.14. The minimum atomic E-state index is -2.82. The Hall–Kier alpha value is -1.98. The first kappa shape index (κ1) is 16.4. The molecule has 0 saturated carbocycles. The number of alkyl halides is 2. The lowest BCUT2D eigenvalue weighted by Crippen LogP contribution is -2.24. The Kier molecular flexibility index (Phi) is 6.30. The van der Waals surface area contributed by atoms with Gasteiger partial charge in [0.2, 0.25) is 0 Å². The van der Waals surface area contributed by atoms with E-state index in [1.54, 1.807) is 12.1 Å². The van der Waals surface area contributed by atoms with Crippen molar-refractivity contribution in [2.45, 2.75) is 19.1 Å². The van der Waals surface area contributed by atoms with Crippen molar-refractivity contribution in [1.29, 1.82) is 0 Å². The van der Waals surface area contributed by atoms with Crippen LogP contribution in [0.5, 0.6) is 5.75 Å². The molecule has 3 nitrogen and oxygen atoms in total. The van der Waals surface area contributed by atoms with Crippen molar-refractivity contribution in [1.82, 2.24) is 5.32 Å². The lowest BCUT2D eigenvalue weighted by Gasteiger charge is -2.20. The predicted octanol–water partition coefficient (Wildman–Crippen LogP) is 3.35. The SMILES string of the molecule is OCCCNC(c1ccccc1)c1ccc(OC(F)F)cc1. The van der Waals surface area contributed by atoms with Crippen molar-refractivity contribution < 1.29 is 18.6 Å². The number of hydrogen-bond acceptors (Lipinski definition) is 3. The molecule has 2 aromatic carbocycles. The third-order valence-corrected chi connectivity index (χ3v) is 3.25. The molecule has 2 rings (SSSR count). The molecule has 0 aliphatic heterocycles. The van der Waals surface area contributed by atoms with E-state index in [-0.39, 0.29) is 18.4 Å². The molecular weight excluding hydrogens is 288 g/mol. The average molecular weight is 307 g/mol. The van der Waals surface area contributed by atoms with E-state index in [0.29, 0.717) is 13.0 Å². The first-order valence-electron chi connectivity index (χ1n) is 7.14. The number of rotatable bonds is 8. The molecule has 5 heteroatoms. The van der Waals surface area contributed by atoms with Crippen LogP contribution >= 0.6 is 0 Å². The van der Waals surface area contributed by atoms with E-state index >= 15 is 0 Å². The molecule has 0 aliphatic rings. The van der Waals surface area contributed by atoms with Gasteiger partial charge in [-0.1, -0.05) is 42.5 Å². The summed E-state index contributed by atoms with van der Waals surface area (Å²) in [4.78, 5) is 0. The highest BCUT2D eigenvalue weighted by Gasteiger charge is 2.13. The van der Waals surface area contributed by atoms with Crippen LogP contribution in [0.3, 0.4) is 0 Å². The number of aliphatic hydroxyl groups is 1. The van der Waals surface area contributed by atoms with Gasteiger partial charge in [0.1, 0.15) is 5.75 Å². The molecule has 0 amide bonds. The molecule has 0 bridgehead atoms. The minimum absolute atomic E-state index is 0.0617. The first-order chi connectivity index (χ1) is 10.7. The molecule has 0 saturated heterocycles. The zero-order chi connectivity index (χ0) is 15.8. The minimum Gasteiger partial charge on any atom is -0.435 e. The fourth-order valence-electron chi connectivity index (χ4n) is 2.24. The summed E-state index contributed by atoms with van der Waals surface area (Å²) >= 11 is 0. The summed E-state index contributed by atoms with van der Waals surface area (Å²) in [6, 6.07) is 16.4. The van der Waals surface area contributed by atoms with Gasteiger partial charge < -0.3 is 15.2 Å². The van der Waals surface area contributed by atoms with Crippen molar-refractivity contribution in [2.75, 3.05) is 13.2 Å². The van der Waals surface area contributed by atoms with Crippen LogP contribution < -0.4 is 10.1 Å². The van der Waals surface area contributed by atoms with Gasteiger partial charge in [0, 0.05) is 6.61 Å². The Labute approximate surface area is 128 Å². The highest BCUT2D eigenvalue weighted by Crippen LogP contribution is 2.24. The van der Waals surface area contributed by atoms with Crippen LogP contribution in [0.25, 0.3) is 0 Å². The Balaban J connectivity index is 2.17. The Bertz CT molecular complexity index is 546. The lowest BCUT2D eigenvalue weighted by molar-refractivity contribution is -0.0498. The maximum Gasteiger partial charge on any atom is 0.387 e. The number of ether oxygens (including phenoxy) is 1. The van der Waals surface area contributed by atoms with Crippen LogP contribution in [0.1, 0.15) is 23.6 Å². The standard InChI is InChI=1S/C17H19F2NO2/c18-17(19)22-15-9-7-14(8-10-15)16(20-11-4-12-21)13-5-2-1-3-6-13/h1-3,5-10,16-17,20-21H,4,11-12H2. The number of nitrogens with one attached hydrogen (secondary N) is 1. The van der Waals surface area contributed by atoms with Crippen LogP contribution in [0, 0.1) is 0 Å². The smallest absolute Gasteiger partial charge is 0.387 e. The van der Waals surface area contributed by atoms with Crippen LogP contribution in [-0.2, 0) is 0 Å². The average Bonchev–Trinajstić information content (AvgIpc) is 2.53. The molecule has 1 atom stereocenters. The van der Waals surface area contributed by atoms with Gasteiger partial charge in [0.05, 0.1) is 6.04 Å². The number of aliphatic hydroxyl groups excluding tert-OH is 1. The maximum atomic E-state index is 12.2. The van der Waals surface area contributed by atoms with Crippen molar-refractivity contribution >= 4 is 0 Å². The summed E-state index contributed by atoms with van der Waals surface area (Å²) in [6.07, 6.45) is 0.649. The molecule has 0 spiro atoms. The van der Waals surface area contributed by atoms with E-state index in [1.807, 2.05) is 30.3 Å². The van der Waals surface area contributed by atoms with Crippen molar-refractivity contribution in [3.05, 3.63) is 65.7 Å². The maximum absolute atomic E-state index is 12.2. The van der Waals surface area contributed by atoms with Crippen molar-refractivity contribution in [3.8, 4) is 5.75 Å². The monoisotopic (exact) mass is 307 g/mol. The summed E-state index contributed by atoms with van der Waals surface area (Å²) in [5.41, 5.74) is 2.02. The van der Waals surface area contributed by atoms with Gasteiger partial charge in [-0.3, -0.25) is 0 Å². The highest BCUT2D eigenvalue weighted by atomic mass is 19.3. The molecule has 1 unspecified atom stereocenters. The largest absolute Gasteiger partial charge is 0.435 e. The molecule has 2 aromatic rings. The fourth-order valence-corrected chi connectivity index (χ4v) is 2.24. The normalized spacial score (nSPS) is 12.4. The van der Waals surface area contributed by atoms with Crippen LogP contribution in [0.15, 0.2) is 54.6 Å². The predicted molar refractivity (Wildman–Crippen MR) is 81.1 cm³/mol. The van der Waals surface area contributed by atoms with E-state index < -0.39 is 6.61 Å². The van der Waals surface area contributed by atoms with Gasteiger partial charge in [-0.05, 0) is 36.2 Å². The highest BCUT2D eigenvalue weighted by molar-refractivity contribution is 5.35. The molecule has 2 N–H and O–H groups in total. The Morgan fingerprint density at radius 1 is 0.955 bits per heavy atom. The zero-order valence-corrected chi connectivity index (χ0v) is 12.1. The summed E-state index contributed by atoms with van der Waals surface area (Å²) in [5, 5.41) is 12.3. The van der Waals surface area contributed by atoms with Gasteiger partial charge in [0.15, 0.2) is 0 Å². The second kappa shape index (κ2) is 8.46. The Morgan fingerprint density at radius 2 is 1.59 bits per heavy atom. The molecule has 0 fully saturated rings. The van der Waals surface area contributed by atoms with Crippen LogP contribution in [0.4, 0.5) is 8.78 Å². The number of halogens is 2. The topological polar surface area (TPSA) is 41.5 Å². The van der Waals surface area contributed by atoms with Gasteiger partial charge in [0.25, 0.3) is 0 Å². The molecule has 0 aliphatic carbocycles. The van der Waals surface area contributed by atoms with Gasteiger partial charge in [-0.2, -0.15) is 8.78 Å². The molecule has 22 heavy (non-hydrogen) atoms. The number of benzene rings is 2. The molecular formula is C17H19F2NO2. The summed E-state index contributed by atoms with van der Waals surface area (Å²) in [7, 11) is 0. The van der Waals surface area contributed by atoms with Crippen LogP contribution in [-0.4, -0.2) is 24.9 Å².